The Labute approximate surface area is 101 Å². The number of rotatable bonds is 3. The van der Waals surface area contributed by atoms with Crippen molar-refractivity contribution in [3.8, 4) is 0 Å². The zero-order valence-corrected chi connectivity index (χ0v) is 10.7. The molecule has 0 aliphatic heterocycles. The summed E-state index contributed by atoms with van der Waals surface area (Å²) in [5.74, 6) is 0. The van der Waals surface area contributed by atoms with E-state index in [1.807, 2.05) is 6.07 Å². The summed E-state index contributed by atoms with van der Waals surface area (Å²) in [6.07, 6.45) is 2.22. The molecule has 15 heavy (non-hydrogen) atoms. The predicted octanol–water partition coefficient (Wildman–Crippen LogP) is 2.69. The quantitative estimate of drug-likeness (QED) is 0.765. The van der Waals surface area contributed by atoms with Gasteiger partial charge in [-0.1, -0.05) is 0 Å². The van der Waals surface area contributed by atoms with Crippen molar-refractivity contribution < 1.29 is 0 Å². The topological polar surface area (TPSA) is 0 Å². The molecule has 0 N–H and O–H groups in total. The Kier molecular flexibility index (Phi) is 4.02. The van der Waals surface area contributed by atoms with Crippen molar-refractivity contribution in [2.45, 2.75) is 0 Å². The Morgan fingerprint density at radius 1 is 0.733 bits per heavy atom. The van der Waals surface area contributed by atoms with Crippen LogP contribution in [0.2, 0.25) is 0 Å². The van der Waals surface area contributed by atoms with Gasteiger partial charge in [-0.05, 0) is 0 Å². The Balaban J connectivity index is 1.97. The molecule has 0 atom stereocenters. The predicted molar refractivity (Wildman–Crippen MR) is 67.3 cm³/mol. The molecule has 0 spiro atoms. The Bertz CT molecular complexity index is 418. The molecule has 2 rings (SSSR count). The first-order valence-corrected chi connectivity index (χ1v) is 7.39. The van der Waals surface area contributed by atoms with Gasteiger partial charge in [-0.25, -0.2) is 0 Å². The van der Waals surface area contributed by atoms with Crippen molar-refractivity contribution in [2.75, 3.05) is 0 Å². The molecule has 1 heteroatoms. The molecule has 0 saturated carbocycles. The van der Waals surface area contributed by atoms with E-state index in [0.29, 0.717) is 0 Å². The van der Waals surface area contributed by atoms with Crippen molar-refractivity contribution >= 4 is 30.6 Å². The van der Waals surface area contributed by atoms with Crippen LogP contribution in [-0.2, 0) is 0 Å². The number of hydrogen-bond donors (Lipinski definition) is 0. The molecule has 0 aliphatic carbocycles. The van der Waals surface area contributed by atoms with Gasteiger partial charge in [-0.15, -0.1) is 0 Å². The van der Waals surface area contributed by atoms with E-state index in [1.54, 1.807) is 0 Å². The van der Waals surface area contributed by atoms with Gasteiger partial charge in [0.25, 0.3) is 0 Å². The van der Waals surface area contributed by atoms with Gasteiger partial charge < -0.3 is 0 Å². The third-order valence-corrected chi connectivity index (χ3v) is 4.34. The van der Waals surface area contributed by atoms with E-state index < -0.39 is 0 Å². The van der Waals surface area contributed by atoms with Gasteiger partial charge in [0, 0.05) is 0 Å². The van der Waals surface area contributed by atoms with Crippen LogP contribution >= 0.6 is 0 Å². The van der Waals surface area contributed by atoms with Gasteiger partial charge >= 0.3 is 101 Å². The van der Waals surface area contributed by atoms with E-state index in [-0.39, 0.29) is 20.9 Å². The Hall–Kier alpha value is -1.03. The molecule has 0 radical (unpaired) electrons. The third kappa shape index (κ3) is 3.55. The van der Waals surface area contributed by atoms with Gasteiger partial charge in [-0.2, -0.15) is 0 Å². The van der Waals surface area contributed by atoms with Crippen LogP contribution in [0.1, 0.15) is 5.56 Å². The maximum atomic E-state index is 2.33. The molecule has 2 aromatic rings. The fourth-order valence-electron chi connectivity index (χ4n) is 1.25. The van der Waals surface area contributed by atoms with Crippen molar-refractivity contribution in [1.82, 2.24) is 0 Å². The molecule has 0 saturated heterocycles. The van der Waals surface area contributed by atoms with E-state index in [4.69, 9.17) is 0 Å². The average Bonchev–Trinajstić information content (AvgIpc) is 2.32. The zero-order chi connectivity index (χ0) is 10.3. The summed E-state index contributed by atoms with van der Waals surface area (Å²) in [5.41, 5.74) is 1.29. The minimum atomic E-state index is -0.157. The van der Waals surface area contributed by atoms with E-state index >= 15 is 0 Å². The average molecular weight is 308 g/mol. The first-order chi connectivity index (χ1) is 7.45. The number of benzene rings is 2. The molecule has 2 aromatic carbocycles. The summed E-state index contributed by atoms with van der Waals surface area (Å²) in [6.45, 7) is 0. The summed E-state index contributed by atoms with van der Waals surface area (Å²) in [4.78, 5) is 0. The molecular weight excluding hydrogens is 296 g/mol. The molecule has 74 valence electrons. The monoisotopic (exact) mass is 310 g/mol. The SMILES string of the molecule is C(=Cc1ccccc1)[Te]c1ccccc1. The van der Waals surface area contributed by atoms with Crippen LogP contribution < -0.4 is 3.61 Å². The van der Waals surface area contributed by atoms with Crippen LogP contribution in [0.15, 0.2) is 64.8 Å². The van der Waals surface area contributed by atoms with E-state index in [0.717, 1.165) is 0 Å². The molecule has 0 aromatic heterocycles. The fraction of sp³-hybridized carbons (Fsp3) is 0. The van der Waals surface area contributed by atoms with Crippen LogP contribution in [0.3, 0.4) is 0 Å². The van der Waals surface area contributed by atoms with E-state index in [1.165, 1.54) is 9.17 Å². The van der Waals surface area contributed by atoms with Gasteiger partial charge in [0.1, 0.15) is 0 Å². The summed E-state index contributed by atoms with van der Waals surface area (Å²) in [5, 5.41) is 0. The summed E-state index contributed by atoms with van der Waals surface area (Å²) >= 11 is -0.157. The van der Waals surface area contributed by atoms with Crippen LogP contribution in [0.25, 0.3) is 6.08 Å². The first-order valence-electron chi connectivity index (χ1n) is 4.88. The molecule has 0 bridgehead atoms. The first kappa shape index (κ1) is 10.5. The van der Waals surface area contributed by atoms with E-state index in [2.05, 4.69) is 64.8 Å². The molecule has 0 nitrogen and oxygen atoms in total. The summed E-state index contributed by atoms with van der Waals surface area (Å²) in [6, 6.07) is 21.2. The Morgan fingerprint density at radius 2 is 1.33 bits per heavy atom. The molecular formula is C14H12Te. The van der Waals surface area contributed by atoms with Crippen molar-refractivity contribution in [3.63, 3.8) is 0 Å². The van der Waals surface area contributed by atoms with Crippen molar-refractivity contribution in [3.05, 3.63) is 70.4 Å². The van der Waals surface area contributed by atoms with Crippen molar-refractivity contribution in [2.24, 2.45) is 0 Å². The van der Waals surface area contributed by atoms with Gasteiger partial charge in [0.05, 0.1) is 0 Å². The van der Waals surface area contributed by atoms with Gasteiger partial charge in [0.15, 0.2) is 0 Å². The van der Waals surface area contributed by atoms with Gasteiger partial charge in [0.2, 0.25) is 0 Å². The third-order valence-electron chi connectivity index (χ3n) is 2.01. The molecule has 0 heterocycles. The second kappa shape index (κ2) is 5.75. The van der Waals surface area contributed by atoms with Crippen LogP contribution in [0.4, 0.5) is 0 Å². The maximum absolute atomic E-state index is 2.33. The summed E-state index contributed by atoms with van der Waals surface area (Å²) in [7, 11) is 0. The zero-order valence-electron chi connectivity index (χ0n) is 8.34. The van der Waals surface area contributed by atoms with Crippen LogP contribution in [-0.4, -0.2) is 20.9 Å². The van der Waals surface area contributed by atoms with Crippen LogP contribution in [0, 0.1) is 0 Å². The second-order valence-electron chi connectivity index (χ2n) is 3.14. The number of hydrogen-bond acceptors (Lipinski definition) is 0. The Morgan fingerprint density at radius 3 is 2.00 bits per heavy atom. The standard InChI is InChI=1S/C14H12Te/c1-3-7-13(8-4-1)11-12-15-14-9-5-2-6-10-14/h1-12H. The van der Waals surface area contributed by atoms with Gasteiger partial charge in [-0.3, -0.25) is 0 Å². The van der Waals surface area contributed by atoms with Crippen molar-refractivity contribution in [1.29, 1.82) is 0 Å². The normalized spacial score (nSPS) is 10.7. The second-order valence-corrected chi connectivity index (χ2v) is 5.94. The van der Waals surface area contributed by atoms with E-state index in [9.17, 15) is 0 Å². The molecule has 0 amide bonds. The molecule has 0 aliphatic rings. The summed E-state index contributed by atoms with van der Waals surface area (Å²) < 4.78 is 3.81. The van der Waals surface area contributed by atoms with Crippen LogP contribution in [0.5, 0.6) is 0 Å². The molecule has 0 fully saturated rings. The fourth-order valence-corrected chi connectivity index (χ4v) is 3.24. The minimum absolute atomic E-state index is 0.157. The molecule has 0 unspecified atom stereocenters.